The fraction of sp³-hybridized carbons (Fsp3) is 0.200. The predicted molar refractivity (Wildman–Crippen MR) is 78.6 cm³/mol. The molecule has 0 N–H and O–H groups in total. The molecule has 0 aromatic heterocycles. The lowest BCUT2D eigenvalue weighted by atomic mass is 10.0. The van der Waals surface area contributed by atoms with Crippen molar-refractivity contribution in [2.45, 2.75) is 0 Å². The zero-order valence-electron chi connectivity index (χ0n) is 10.9. The van der Waals surface area contributed by atoms with E-state index in [1.807, 2.05) is 42.5 Å². The summed E-state index contributed by atoms with van der Waals surface area (Å²) in [5.41, 5.74) is 2.06. The van der Waals surface area contributed by atoms with Gasteiger partial charge in [0.1, 0.15) is 11.5 Å². The number of ether oxygens (including phenoxy) is 3. The van der Waals surface area contributed by atoms with E-state index in [0.717, 1.165) is 27.1 Å². The van der Waals surface area contributed by atoms with Gasteiger partial charge < -0.3 is 14.2 Å². The van der Waals surface area contributed by atoms with Crippen molar-refractivity contribution in [1.29, 1.82) is 0 Å². The highest BCUT2D eigenvalue weighted by Gasteiger charge is 2.08. The van der Waals surface area contributed by atoms with Crippen molar-refractivity contribution in [1.82, 2.24) is 0 Å². The summed E-state index contributed by atoms with van der Waals surface area (Å²) < 4.78 is 16.7. The molecule has 100 valence electrons. The minimum Gasteiger partial charge on any atom is -0.496 e. The number of benzene rings is 2. The first-order valence-electron chi connectivity index (χ1n) is 5.81. The molecule has 4 heteroatoms. The molecule has 0 aliphatic heterocycles. The van der Waals surface area contributed by atoms with Crippen LogP contribution in [0.2, 0.25) is 0 Å². The van der Waals surface area contributed by atoms with E-state index in [2.05, 4.69) is 15.9 Å². The molecule has 0 radical (unpaired) electrons. The van der Waals surface area contributed by atoms with Crippen LogP contribution < -0.4 is 9.47 Å². The van der Waals surface area contributed by atoms with Crippen LogP contribution in [-0.2, 0) is 4.74 Å². The van der Waals surface area contributed by atoms with Gasteiger partial charge in [-0.05, 0) is 39.7 Å². The maximum absolute atomic E-state index is 5.51. The molecule has 0 atom stereocenters. The van der Waals surface area contributed by atoms with Crippen molar-refractivity contribution in [3.8, 4) is 22.6 Å². The van der Waals surface area contributed by atoms with Crippen molar-refractivity contribution < 1.29 is 14.2 Å². The van der Waals surface area contributed by atoms with Crippen LogP contribution in [0.1, 0.15) is 0 Å². The van der Waals surface area contributed by atoms with Gasteiger partial charge in [0, 0.05) is 12.7 Å². The van der Waals surface area contributed by atoms with Gasteiger partial charge >= 0.3 is 0 Å². The van der Waals surface area contributed by atoms with E-state index < -0.39 is 0 Å². The van der Waals surface area contributed by atoms with Gasteiger partial charge in [0.25, 0.3) is 0 Å². The fourth-order valence-electron chi connectivity index (χ4n) is 1.79. The lowest BCUT2D eigenvalue weighted by molar-refractivity contribution is 0.0506. The van der Waals surface area contributed by atoms with E-state index in [-0.39, 0.29) is 6.79 Å². The van der Waals surface area contributed by atoms with Gasteiger partial charge in [0.2, 0.25) is 0 Å². The molecular weight excluding hydrogens is 308 g/mol. The van der Waals surface area contributed by atoms with Gasteiger partial charge in [-0.2, -0.15) is 0 Å². The third kappa shape index (κ3) is 3.28. The molecule has 0 bridgehead atoms. The van der Waals surface area contributed by atoms with Crippen LogP contribution in [-0.4, -0.2) is 21.0 Å². The van der Waals surface area contributed by atoms with E-state index in [4.69, 9.17) is 14.2 Å². The largest absolute Gasteiger partial charge is 0.496 e. The Kier molecular flexibility index (Phi) is 4.82. The molecule has 0 unspecified atom stereocenters. The van der Waals surface area contributed by atoms with E-state index in [1.54, 1.807) is 14.2 Å². The van der Waals surface area contributed by atoms with Crippen LogP contribution in [0, 0.1) is 0 Å². The highest BCUT2D eigenvalue weighted by Crippen LogP contribution is 2.35. The minimum absolute atomic E-state index is 0.216. The smallest absolute Gasteiger partial charge is 0.188 e. The SMILES string of the molecule is COCOc1cc(-c2ccccc2OC)ccc1Br. The van der Waals surface area contributed by atoms with E-state index in [0.29, 0.717) is 0 Å². The Bertz CT molecular complexity index is 555. The lowest BCUT2D eigenvalue weighted by Gasteiger charge is -2.11. The Morgan fingerprint density at radius 3 is 2.53 bits per heavy atom. The molecule has 0 saturated carbocycles. The number of hydrogen-bond donors (Lipinski definition) is 0. The molecule has 2 rings (SSSR count). The summed E-state index contributed by atoms with van der Waals surface area (Å²) in [6, 6.07) is 13.8. The quantitative estimate of drug-likeness (QED) is 0.775. The Labute approximate surface area is 121 Å². The number of rotatable bonds is 5. The zero-order chi connectivity index (χ0) is 13.7. The Balaban J connectivity index is 2.39. The highest BCUT2D eigenvalue weighted by atomic mass is 79.9. The number of hydrogen-bond acceptors (Lipinski definition) is 3. The maximum atomic E-state index is 5.51. The van der Waals surface area contributed by atoms with Crippen LogP contribution in [0.4, 0.5) is 0 Å². The standard InChI is InChI=1S/C15H15BrO3/c1-17-10-19-15-9-11(7-8-13(15)16)12-5-3-4-6-14(12)18-2/h3-9H,10H2,1-2H3. The second-order valence-corrected chi connectivity index (χ2v) is 4.75. The summed E-state index contributed by atoms with van der Waals surface area (Å²) in [5.74, 6) is 1.58. The van der Waals surface area contributed by atoms with Crippen LogP contribution in [0.3, 0.4) is 0 Å². The second-order valence-electron chi connectivity index (χ2n) is 3.90. The zero-order valence-corrected chi connectivity index (χ0v) is 12.4. The van der Waals surface area contributed by atoms with Gasteiger partial charge in [-0.3, -0.25) is 0 Å². The van der Waals surface area contributed by atoms with E-state index in [1.165, 1.54) is 0 Å². The number of para-hydroxylation sites is 1. The Morgan fingerprint density at radius 1 is 1.00 bits per heavy atom. The van der Waals surface area contributed by atoms with Gasteiger partial charge in [-0.25, -0.2) is 0 Å². The molecule has 0 amide bonds. The first-order valence-corrected chi connectivity index (χ1v) is 6.60. The average molecular weight is 323 g/mol. The molecule has 0 fully saturated rings. The minimum atomic E-state index is 0.216. The molecule has 0 heterocycles. The van der Waals surface area contributed by atoms with E-state index >= 15 is 0 Å². The molecule has 2 aromatic rings. The topological polar surface area (TPSA) is 27.7 Å². The average Bonchev–Trinajstić information content (AvgIpc) is 2.46. The lowest BCUT2D eigenvalue weighted by Crippen LogP contribution is -1.99. The van der Waals surface area contributed by atoms with Crippen molar-refractivity contribution in [2.24, 2.45) is 0 Å². The molecule has 19 heavy (non-hydrogen) atoms. The third-order valence-electron chi connectivity index (χ3n) is 2.68. The van der Waals surface area contributed by atoms with Gasteiger partial charge in [0.05, 0.1) is 11.6 Å². The van der Waals surface area contributed by atoms with Crippen LogP contribution in [0.5, 0.6) is 11.5 Å². The van der Waals surface area contributed by atoms with Crippen molar-refractivity contribution >= 4 is 15.9 Å². The van der Waals surface area contributed by atoms with Crippen molar-refractivity contribution in [2.75, 3.05) is 21.0 Å². The number of methoxy groups -OCH3 is 2. The summed E-state index contributed by atoms with van der Waals surface area (Å²) in [7, 11) is 3.26. The van der Waals surface area contributed by atoms with E-state index in [9.17, 15) is 0 Å². The van der Waals surface area contributed by atoms with Crippen molar-refractivity contribution in [3.05, 3.63) is 46.9 Å². The summed E-state index contributed by atoms with van der Waals surface area (Å²) in [4.78, 5) is 0. The number of halogens is 1. The summed E-state index contributed by atoms with van der Waals surface area (Å²) in [5, 5.41) is 0. The van der Waals surface area contributed by atoms with Crippen LogP contribution in [0.15, 0.2) is 46.9 Å². The van der Waals surface area contributed by atoms with Crippen LogP contribution in [0.25, 0.3) is 11.1 Å². The first-order chi connectivity index (χ1) is 9.26. The fourth-order valence-corrected chi connectivity index (χ4v) is 2.15. The second kappa shape index (κ2) is 6.59. The molecule has 0 aliphatic carbocycles. The molecule has 0 aliphatic rings. The molecule has 0 saturated heterocycles. The third-order valence-corrected chi connectivity index (χ3v) is 3.34. The normalized spacial score (nSPS) is 10.3. The summed E-state index contributed by atoms with van der Waals surface area (Å²) in [6.45, 7) is 0.216. The van der Waals surface area contributed by atoms with Gasteiger partial charge in [0.15, 0.2) is 6.79 Å². The van der Waals surface area contributed by atoms with Crippen LogP contribution >= 0.6 is 15.9 Å². The monoisotopic (exact) mass is 322 g/mol. The maximum Gasteiger partial charge on any atom is 0.188 e. The molecular formula is C15H15BrO3. The van der Waals surface area contributed by atoms with Gasteiger partial charge in [-0.15, -0.1) is 0 Å². The highest BCUT2D eigenvalue weighted by molar-refractivity contribution is 9.10. The molecule has 2 aromatic carbocycles. The summed E-state index contributed by atoms with van der Waals surface area (Å²) >= 11 is 3.46. The van der Waals surface area contributed by atoms with Crippen molar-refractivity contribution in [3.63, 3.8) is 0 Å². The molecule has 0 spiro atoms. The molecule has 3 nitrogen and oxygen atoms in total. The first kappa shape index (κ1) is 13.9. The Morgan fingerprint density at radius 2 is 1.79 bits per heavy atom. The predicted octanol–water partition coefficient (Wildman–Crippen LogP) is 4.11. The Hall–Kier alpha value is -1.52. The summed E-state index contributed by atoms with van der Waals surface area (Å²) in [6.07, 6.45) is 0. The van der Waals surface area contributed by atoms with Gasteiger partial charge in [-0.1, -0.05) is 24.3 Å².